The predicted octanol–water partition coefficient (Wildman–Crippen LogP) is 5.57. The summed E-state index contributed by atoms with van der Waals surface area (Å²) in [4.78, 5) is 10.3. The van der Waals surface area contributed by atoms with Gasteiger partial charge in [-0.3, -0.25) is 10.1 Å². The smallest absolute Gasteiger partial charge is 0.270 e. The van der Waals surface area contributed by atoms with Gasteiger partial charge >= 0.3 is 0 Å². The zero-order chi connectivity index (χ0) is 17.8. The fraction of sp³-hybridized carbons (Fsp3) is 0. The molecule has 0 atom stereocenters. The fourth-order valence-electron chi connectivity index (χ4n) is 2.33. The Balaban J connectivity index is 1.94. The molecule has 3 rings (SSSR count). The molecule has 5 nitrogen and oxygen atoms in total. The van der Waals surface area contributed by atoms with Crippen molar-refractivity contribution in [3.05, 3.63) is 87.1 Å². The quantitative estimate of drug-likeness (QED) is 0.350. The Kier molecular flexibility index (Phi) is 4.64. The number of halogens is 1. The number of furan rings is 1. The van der Waals surface area contributed by atoms with Crippen molar-refractivity contribution in [3.8, 4) is 17.4 Å². The second-order valence-electron chi connectivity index (χ2n) is 5.16. The third-order valence-electron chi connectivity index (χ3n) is 3.55. The Morgan fingerprint density at radius 2 is 1.92 bits per heavy atom. The van der Waals surface area contributed by atoms with E-state index in [9.17, 15) is 15.4 Å². The molecule has 3 aromatic rings. The first-order valence-corrected chi connectivity index (χ1v) is 7.67. The number of nitro groups is 1. The van der Waals surface area contributed by atoms with E-state index in [1.807, 2.05) is 30.3 Å². The summed E-state index contributed by atoms with van der Waals surface area (Å²) in [6, 6.07) is 19.0. The van der Waals surface area contributed by atoms with E-state index in [2.05, 4.69) is 6.07 Å². The molecule has 0 saturated heterocycles. The third kappa shape index (κ3) is 3.60. The molecule has 0 aliphatic heterocycles. The van der Waals surface area contributed by atoms with Crippen LogP contribution in [-0.4, -0.2) is 4.92 Å². The number of benzene rings is 2. The van der Waals surface area contributed by atoms with Crippen molar-refractivity contribution in [2.45, 2.75) is 0 Å². The lowest BCUT2D eigenvalue weighted by molar-refractivity contribution is -0.384. The van der Waals surface area contributed by atoms with Gasteiger partial charge < -0.3 is 4.42 Å². The van der Waals surface area contributed by atoms with Crippen LogP contribution in [0.2, 0.25) is 5.02 Å². The van der Waals surface area contributed by atoms with Crippen molar-refractivity contribution >= 4 is 28.9 Å². The van der Waals surface area contributed by atoms with Crippen LogP contribution in [0.1, 0.15) is 11.3 Å². The van der Waals surface area contributed by atoms with Crippen molar-refractivity contribution in [1.29, 1.82) is 5.26 Å². The van der Waals surface area contributed by atoms with E-state index in [0.29, 0.717) is 22.7 Å². The van der Waals surface area contributed by atoms with Crippen LogP contribution in [0.5, 0.6) is 0 Å². The first-order valence-electron chi connectivity index (χ1n) is 7.30. The summed E-state index contributed by atoms with van der Waals surface area (Å²) >= 11 is 6.11. The Morgan fingerprint density at radius 3 is 2.56 bits per heavy atom. The lowest BCUT2D eigenvalue weighted by atomic mass is 10.1. The number of hydrogen-bond acceptors (Lipinski definition) is 4. The van der Waals surface area contributed by atoms with E-state index in [4.69, 9.17) is 16.0 Å². The summed E-state index contributed by atoms with van der Waals surface area (Å²) in [6.07, 6.45) is 1.64. The molecule has 0 fully saturated rings. The minimum atomic E-state index is -0.509. The first-order chi connectivity index (χ1) is 12.1. The molecule has 6 heteroatoms. The van der Waals surface area contributed by atoms with Crippen LogP contribution in [0.3, 0.4) is 0 Å². The number of non-ortho nitro benzene ring substituents is 1. The maximum Gasteiger partial charge on any atom is 0.270 e. The lowest BCUT2D eigenvalue weighted by Gasteiger charge is -2.01. The van der Waals surface area contributed by atoms with Gasteiger partial charge in [0.05, 0.1) is 21.6 Å². The van der Waals surface area contributed by atoms with Crippen LogP contribution in [-0.2, 0) is 0 Å². The fourth-order valence-corrected chi connectivity index (χ4v) is 2.60. The lowest BCUT2D eigenvalue weighted by Crippen LogP contribution is -1.88. The molecule has 2 aromatic carbocycles. The molecule has 0 bridgehead atoms. The summed E-state index contributed by atoms with van der Waals surface area (Å²) in [6.45, 7) is 0. The van der Waals surface area contributed by atoms with Gasteiger partial charge in [0.1, 0.15) is 11.5 Å². The Bertz CT molecular complexity index is 1000. The molecule has 25 heavy (non-hydrogen) atoms. The summed E-state index contributed by atoms with van der Waals surface area (Å²) in [7, 11) is 0. The van der Waals surface area contributed by atoms with Crippen LogP contribution in [0, 0.1) is 21.4 Å². The van der Waals surface area contributed by atoms with Crippen LogP contribution in [0.25, 0.3) is 23.0 Å². The molecule has 0 saturated carbocycles. The van der Waals surface area contributed by atoms with E-state index in [0.717, 1.165) is 5.56 Å². The zero-order valence-corrected chi connectivity index (χ0v) is 13.6. The molecule has 0 unspecified atom stereocenters. The van der Waals surface area contributed by atoms with Crippen LogP contribution >= 0.6 is 11.6 Å². The monoisotopic (exact) mass is 350 g/mol. The topological polar surface area (TPSA) is 80.1 Å². The summed E-state index contributed by atoms with van der Waals surface area (Å²) < 4.78 is 5.72. The van der Waals surface area contributed by atoms with E-state index >= 15 is 0 Å². The normalized spacial score (nSPS) is 11.1. The number of nitrogens with zero attached hydrogens (tertiary/aromatic N) is 2. The van der Waals surface area contributed by atoms with Gasteiger partial charge in [-0.05, 0) is 29.8 Å². The maximum absolute atomic E-state index is 10.8. The van der Waals surface area contributed by atoms with Crippen molar-refractivity contribution in [2.75, 3.05) is 0 Å². The van der Waals surface area contributed by atoms with Gasteiger partial charge in [0.2, 0.25) is 0 Å². The van der Waals surface area contributed by atoms with Crippen LogP contribution < -0.4 is 0 Å². The number of hydrogen-bond donors (Lipinski definition) is 0. The van der Waals surface area contributed by atoms with Crippen molar-refractivity contribution in [2.24, 2.45) is 0 Å². The minimum absolute atomic E-state index is 0.0868. The molecule has 122 valence electrons. The van der Waals surface area contributed by atoms with Gasteiger partial charge in [-0.15, -0.1) is 0 Å². The van der Waals surface area contributed by atoms with E-state index < -0.39 is 4.92 Å². The van der Waals surface area contributed by atoms with Gasteiger partial charge in [-0.1, -0.05) is 41.9 Å². The van der Waals surface area contributed by atoms with Gasteiger partial charge in [-0.2, -0.15) is 5.26 Å². The van der Waals surface area contributed by atoms with Gasteiger partial charge in [0.25, 0.3) is 5.69 Å². The van der Waals surface area contributed by atoms with Crippen LogP contribution in [0.4, 0.5) is 5.69 Å². The molecular formula is C19H11ClN2O3. The Morgan fingerprint density at radius 1 is 1.16 bits per heavy atom. The molecule has 0 aliphatic carbocycles. The molecule has 0 radical (unpaired) electrons. The van der Waals surface area contributed by atoms with Crippen molar-refractivity contribution < 1.29 is 9.34 Å². The highest BCUT2D eigenvalue weighted by molar-refractivity contribution is 6.33. The van der Waals surface area contributed by atoms with E-state index in [-0.39, 0.29) is 10.7 Å². The Hall–Kier alpha value is -3.36. The molecule has 1 heterocycles. The molecule has 1 aromatic heterocycles. The Labute approximate surface area is 148 Å². The average Bonchev–Trinajstić information content (AvgIpc) is 3.08. The zero-order valence-electron chi connectivity index (χ0n) is 12.8. The van der Waals surface area contributed by atoms with E-state index in [1.165, 1.54) is 18.2 Å². The standard InChI is InChI=1S/C19H11ClN2O3/c20-18-11-15(22(23)24)6-8-17(18)19-9-7-16(25-19)10-14(12-21)13-4-2-1-3-5-13/h1-11H. The molecule has 0 amide bonds. The minimum Gasteiger partial charge on any atom is -0.457 e. The van der Waals surface area contributed by atoms with E-state index in [1.54, 1.807) is 18.2 Å². The highest BCUT2D eigenvalue weighted by atomic mass is 35.5. The van der Waals surface area contributed by atoms with Gasteiger partial charge in [0, 0.05) is 17.7 Å². The summed E-state index contributed by atoms with van der Waals surface area (Å²) in [5.74, 6) is 0.960. The maximum atomic E-state index is 10.8. The number of rotatable bonds is 4. The average molecular weight is 351 g/mol. The van der Waals surface area contributed by atoms with Crippen molar-refractivity contribution in [1.82, 2.24) is 0 Å². The van der Waals surface area contributed by atoms with Crippen molar-refractivity contribution in [3.63, 3.8) is 0 Å². The molecular weight excluding hydrogens is 340 g/mol. The molecule has 0 spiro atoms. The highest BCUT2D eigenvalue weighted by Crippen LogP contribution is 2.33. The highest BCUT2D eigenvalue weighted by Gasteiger charge is 2.13. The largest absolute Gasteiger partial charge is 0.457 e. The number of allylic oxidation sites excluding steroid dienone is 1. The second-order valence-corrected chi connectivity index (χ2v) is 5.57. The first kappa shape index (κ1) is 16.5. The predicted molar refractivity (Wildman–Crippen MR) is 95.7 cm³/mol. The number of nitro benzene ring substituents is 1. The van der Waals surface area contributed by atoms with Crippen LogP contribution in [0.15, 0.2) is 65.1 Å². The SMILES string of the molecule is N#CC(=Cc1ccc(-c2ccc([N+](=O)[O-])cc2Cl)o1)c1ccccc1. The van der Waals surface area contributed by atoms with Gasteiger partial charge in [0.15, 0.2) is 0 Å². The number of nitriles is 1. The van der Waals surface area contributed by atoms with Gasteiger partial charge in [-0.25, -0.2) is 0 Å². The third-order valence-corrected chi connectivity index (χ3v) is 3.86. The second kappa shape index (κ2) is 7.04. The summed E-state index contributed by atoms with van der Waals surface area (Å²) in [5.41, 5.74) is 1.72. The molecule has 0 aliphatic rings. The molecule has 0 N–H and O–H groups in total. The summed E-state index contributed by atoms with van der Waals surface area (Å²) in [5, 5.41) is 20.4.